The fourth-order valence-corrected chi connectivity index (χ4v) is 5.81. The molecule has 202 valence electrons. The van der Waals surface area contributed by atoms with Crippen molar-refractivity contribution in [3.05, 3.63) is 34.2 Å². The lowest BCUT2D eigenvalue weighted by Crippen LogP contribution is -2.31. The van der Waals surface area contributed by atoms with Gasteiger partial charge in [-0.1, -0.05) is 13.8 Å². The lowest BCUT2D eigenvalue weighted by Gasteiger charge is -2.19. The predicted molar refractivity (Wildman–Crippen MR) is 141 cm³/mol. The Morgan fingerprint density at radius 2 is 2.08 bits per heavy atom. The summed E-state index contributed by atoms with van der Waals surface area (Å²) in [5.41, 5.74) is 0.684. The van der Waals surface area contributed by atoms with Crippen molar-refractivity contribution >= 4 is 21.1 Å². The Hall–Kier alpha value is -2.80. The lowest BCUT2D eigenvalue weighted by atomic mass is 10.1. The summed E-state index contributed by atoms with van der Waals surface area (Å²) < 4.78 is 36.3. The summed E-state index contributed by atoms with van der Waals surface area (Å²) in [5, 5.41) is 14.7. The highest BCUT2D eigenvalue weighted by atomic mass is 32.2. The number of likely N-dealkylation sites (tertiary alicyclic amines) is 1. The highest BCUT2D eigenvalue weighted by Crippen LogP contribution is 2.32. The van der Waals surface area contributed by atoms with Crippen molar-refractivity contribution in [2.75, 3.05) is 26.7 Å². The first-order chi connectivity index (χ1) is 17.7. The first-order valence-electron chi connectivity index (χ1n) is 12.8. The molecule has 1 saturated heterocycles. The van der Waals surface area contributed by atoms with Crippen molar-refractivity contribution < 1.29 is 18.3 Å². The lowest BCUT2D eigenvalue weighted by molar-refractivity contribution is 0.169. The van der Waals surface area contributed by atoms with Crippen LogP contribution >= 0.6 is 0 Å². The molecule has 12 heteroatoms. The molecule has 3 N–H and O–H groups in total. The topological polar surface area (TPSA) is 142 Å². The van der Waals surface area contributed by atoms with Crippen molar-refractivity contribution in [2.45, 2.75) is 63.0 Å². The molecule has 0 radical (unpaired) electrons. The van der Waals surface area contributed by atoms with Gasteiger partial charge in [0.25, 0.3) is 5.56 Å². The Morgan fingerprint density at radius 3 is 2.76 bits per heavy atom. The zero-order valence-corrected chi connectivity index (χ0v) is 22.6. The van der Waals surface area contributed by atoms with Gasteiger partial charge in [0.15, 0.2) is 5.52 Å². The molecule has 0 spiro atoms. The molecule has 1 aliphatic heterocycles. The van der Waals surface area contributed by atoms with E-state index >= 15 is 0 Å². The number of aryl methyl sites for hydroxylation is 1. The van der Waals surface area contributed by atoms with Crippen LogP contribution in [0.4, 0.5) is 0 Å². The van der Waals surface area contributed by atoms with E-state index < -0.39 is 21.7 Å². The van der Waals surface area contributed by atoms with Crippen molar-refractivity contribution in [3.8, 4) is 17.1 Å². The smallest absolute Gasteiger partial charge is 0.277 e. The number of aliphatic hydroxyl groups is 1. The molecular formula is C25H36N6O5S. The number of aromatic nitrogens is 4. The van der Waals surface area contributed by atoms with Gasteiger partial charge in [-0.3, -0.25) is 9.48 Å². The summed E-state index contributed by atoms with van der Waals surface area (Å²) in [7, 11) is -0.137. The number of rotatable bonds is 11. The van der Waals surface area contributed by atoms with E-state index in [9.17, 15) is 18.3 Å². The van der Waals surface area contributed by atoms with Crippen LogP contribution in [0.3, 0.4) is 0 Å². The number of fused-ring (bicyclic) bond motifs is 1. The minimum absolute atomic E-state index is 0.0499. The number of benzene rings is 1. The molecule has 1 aromatic carbocycles. The SMILES string of the molecule is CCCOc1ccc(S(=O)(=O)NCCC2CCCN2C)cc1-c1nc2c(C(O)CC)nn(C)c2c(=O)[nH]1. The number of sulfonamides is 1. The van der Waals surface area contributed by atoms with Gasteiger partial charge in [0.2, 0.25) is 10.0 Å². The fourth-order valence-electron chi connectivity index (χ4n) is 4.74. The van der Waals surface area contributed by atoms with Crippen molar-refractivity contribution in [2.24, 2.45) is 7.05 Å². The molecule has 2 atom stereocenters. The third-order valence-corrected chi connectivity index (χ3v) is 8.30. The number of H-pyrrole nitrogens is 1. The Kier molecular flexibility index (Phi) is 8.32. The number of hydrogen-bond acceptors (Lipinski definition) is 8. The zero-order chi connectivity index (χ0) is 26.7. The van der Waals surface area contributed by atoms with Gasteiger partial charge in [-0.05, 0) is 63.9 Å². The first kappa shape index (κ1) is 27.2. The average Bonchev–Trinajstić information content (AvgIpc) is 3.44. The van der Waals surface area contributed by atoms with Crippen LogP contribution in [0.1, 0.15) is 57.7 Å². The van der Waals surface area contributed by atoms with Gasteiger partial charge < -0.3 is 19.7 Å². The van der Waals surface area contributed by atoms with E-state index in [0.29, 0.717) is 42.6 Å². The highest BCUT2D eigenvalue weighted by Gasteiger charge is 2.24. The van der Waals surface area contributed by atoms with Gasteiger partial charge in [0, 0.05) is 19.6 Å². The Labute approximate surface area is 216 Å². The average molecular weight is 533 g/mol. The predicted octanol–water partition coefficient (Wildman–Crippen LogP) is 2.32. The van der Waals surface area contributed by atoms with Crippen LogP contribution in [-0.2, 0) is 17.1 Å². The molecule has 3 heterocycles. The number of aromatic amines is 1. The van der Waals surface area contributed by atoms with Gasteiger partial charge in [-0.15, -0.1) is 0 Å². The van der Waals surface area contributed by atoms with Gasteiger partial charge >= 0.3 is 0 Å². The first-order valence-corrected chi connectivity index (χ1v) is 14.3. The number of ether oxygens (including phenoxy) is 1. The molecule has 0 aliphatic carbocycles. The molecule has 0 amide bonds. The standard InChI is InChI=1S/C25H36N6O5S/c1-5-14-36-20-10-9-17(37(34,35)26-12-11-16-8-7-13-30(16)3)15-18(20)24-27-22-21(19(32)6-2)29-31(4)23(22)25(33)28-24/h9-10,15-16,19,26,32H,5-8,11-14H2,1-4H3,(H,27,28,33). The summed E-state index contributed by atoms with van der Waals surface area (Å²) in [6, 6.07) is 4.91. The molecule has 2 aromatic heterocycles. The maximum atomic E-state index is 13.2. The monoisotopic (exact) mass is 532 g/mol. The second-order valence-electron chi connectivity index (χ2n) is 9.51. The van der Waals surface area contributed by atoms with E-state index in [2.05, 4.69) is 31.7 Å². The highest BCUT2D eigenvalue weighted by molar-refractivity contribution is 7.89. The van der Waals surface area contributed by atoms with E-state index in [-0.39, 0.29) is 21.8 Å². The number of nitrogens with one attached hydrogen (secondary N) is 2. The minimum Gasteiger partial charge on any atom is -0.493 e. The summed E-state index contributed by atoms with van der Waals surface area (Å²) in [6.07, 6.45) is 3.17. The van der Waals surface area contributed by atoms with Gasteiger partial charge in [-0.25, -0.2) is 18.1 Å². The van der Waals surface area contributed by atoms with Crippen LogP contribution < -0.4 is 15.0 Å². The van der Waals surface area contributed by atoms with Crippen LogP contribution in [0.25, 0.3) is 22.4 Å². The Bertz CT molecular complexity index is 1420. The summed E-state index contributed by atoms with van der Waals surface area (Å²) >= 11 is 0. The Morgan fingerprint density at radius 1 is 1.30 bits per heavy atom. The van der Waals surface area contributed by atoms with Crippen molar-refractivity contribution in [3.63, 3.8) is 0 Å². The molecule has 0 bridgehead atoms. The third-order valence-electron chi connectivity index (χ3n) is 6.84. The van der Waals surface area contributed by atoms with Gasteiger partial charge in [0.1, 0.15) is 22.8 Å². The third kappa shape index (κ3) is 5.71. The van der Waals surface area contributed by atoms with E-state index in [0.717, 1.165) is 32.2 Å². The molecule has 4 rings (SSSR count). The van der Waals surface area contributed by atoms with Crippen LogP contribution in [0.2, 0.25) is 0 Å². The largest absolute Gasteiger partial charge is 0.493 e. The fraction of sp³-hybridized carbons (Fsp3) is 0.560. The molecule has 1 aliphatic rings. The minimum atomic E-state index is -3.81. The number of hydrogen-bond donors (Lipinski definition) is 3. The zero-order valence-electron chi connectivity index (χ0n) is 21.8. The number of nitrogens with zero attached hydrogens (tertiary/aromatic N) is 4. The molecule has 0 saturated carbocycles. The second-order valence-corrected chi connectivity index (χ2v) is 11.3. The van der Waals surface area contributed by atoms with Crippen LogP contribution in [0, 0.1) is 0 Å². The van der Waals surface area contributed by atoms with Crippen molar-refractivity contribution in [1.29, 1.82) is 0 Å². The summed E-state index contributed by atoms with van der Waals surface area (Å²) in [4.78, 5) is 22.7. The van der Waals surface area contributed by atoms with E-state index in [1.165, 1.54) is 16.8 Å². The molecule has 1 fully saturated rings. The number of aliphatic hydroxyl groups excluding tert-OH is 1. The molecular weight excluding hydrogens is 496 g/mol. The maximum Gasteiger partial charge on any atom is 0.277 e. The van der Waals surface area contributed by atoms with E-state index in [1.54, 1.807) is 13.1 Å². The van der Waals surface area contributed by atoms with Gasteiger partial charge in [-0.2, -0.15) is 5.10 Å². The normalized spacial score (nSPS) is 17.5. The van der Waals surface area contributed by atoms with Crippen molar-refractivity contribution in [1.82, 2.24) is 29.4 Å². The maximum absolute atomic E-state index is 13.2. The van der Waals surface area contributed by atoms with Crippen LogP contribution in [-0.4, -0.2) is 71.0 Å². The van der Waals surface area contributed by atoms with E-state index in [1.807, 2.05) is 13.8 Å². The Balaban J connectivity index is 1.73. The quantitative estimate of drug-likeness (QED) is 0.342. The molecule has 11 nitrogen and oxygen atoms in total. The molecule has 37 heavy (non-hydrogen) atoms. The summed E-state index contributed by atoms with van der Waals surface area (Å²) in [6.45, 7) is 5.54. The van der Waals surface area contributed by atoms with Crippen LogP contribution in [0.5, 0.6) is 5.75 Å². The molecule has 2 unspecified atom stereocenters. The summed E-state index contributed by atoms with van der Waals surface area (Å²) in [5.74, 6) is 0.545. The van der Waals surface area contributed by atoms with Crippen LogP contribution in [0.15, 0.2) is 27.9 Å². The molecule has 3 aromatic rings. The van der Waals surface area contributed by atoms with E-state index in [4.69, 9.17) is 4.74 Å². The van der Waals surface area contributed by atoms with Gasteiger partial charge in [0.05, 0.1) is 23.2 Å². The second kappa shape index (κ2) is 11.3.